The molecule has 2 N–H and O–H groups in total. The summed E-state index contributed by atoms with van der Waals surface area (Å²) in [7, 11) is 1.73. The van der Waals surface area contributed by atoms with Gasteiger partial charge in [-0.05, 0) is 48.4 Å². The highest BCUT2D eigenvalue weighted by Gasteiger charge is 2.13. The Hall–Kier alpha value is -0.730. The standard InChI is InChI=1S/C15H25NO.ClH/c1-6-13(16)8-12-7-11(4)15(17-5)9-14(12)10(2)3;/h7,9-10,13H,6,8,16H2,1-5H3;1H. The van der Waals surface area contributed by atoms with Crippen LogP contribution in [0.25, 0.3) is 0 Å². The molecule has 3 heteroatoms. The molecule has 0 aliphatic rings. The first-order valence-corrected chi connectivity index (χ1v) is 6.42. The van der Waals surface area contributed by atoms with E-state index in [2.05, 4.69) is 39.8 Å². The monoisotopic (exact) mass is 271 g/mol. The number of aryl methyl sites for hydroxylation is 1. The molecule has 0 aromatic heterocycles. The number of hydrogen-bond acceptors (Lipinski definition) is 2. The normalized spacial score (nSPS) is 12.2. The fourth-order valence-corrected chi connectivity index (χ4v) is 2.12. The predicted molar refractivity (Wildman–Crippen MR) is 81.0 cm³/mol. The van der Waals surface area contributed by atoms with Crippen LogP contribution in [0, 0.1) is 6.92 Å². The summed E-state index contributed by atoms with van der Waals surface area (Å²) < 4.78 is 5.39. The Kier molecular flexibility index (Phi) is 7.34. The van der Waals surface area contributed by atoms with E-state index in [4.69, 9.17) is 10.5 Å². The molecule has 0 fully saturated rings. The topological polar surface area (TPSA) is 35.2 Å². The van der Waals surface area contributed by atoms with Gasteiger partial charge in [0, 0.05) is 6.04 Å². The molecule has 18 heavy (non-hydrogen) atoms. The highest BCUT2D eigenvalue weighted by molar-refractivity contribution is 5.85. The van der Waals surface area contributed by atoms with E-state index in [1.54, 1.807) is 7.11 Å². The zero-order chi connectivity index (χ0) is 13.0. The lowest BCUT2D eigenvalue weighted by Gasteiger charge is -2.18. The van der Waals surface area contributed by atoms with E-state index in [0.29, 0.717) is 5.92 Å². The fraction of sp³-hybridized carbons (Fsp3) is 0.600. The third-order valence-electron chi connectivity index (χ3n) is 3.29. The Morgan fingerprint density at radius 2 is 1.89 bits per heavy atom. The molecule has 0 aliphatic heterocycles. The molecule has 0 aliphatic carbocycles. The molecule has 104 valence electrons. The molecule has 0 amide bonds. The largest absolute Gasteiger partial charge is 0.496 e. The zero-order valence-corrected chi connectivity index (χ0v) is 12.9. The lowest BCUT2D eigenvalue weighted by atomic mass is 9.91. The SMILES string of the molecule is CCC(N)Cc1cc(C)c(OC)cc1C(C)C.Cl. The first-order chi connectivity index (χ1) is 7.99. The third kappa shape index (κ3) is 4.18. The lowest BCUT2D eigenvalue weighted by Crippen LogP contribution is -2.22. The van der Waals surface area contributed by atoms with Crippen molar-refractivity contribution in [2.24, 2.45) is 5.73 Å². The van der Waals surface area contributed by atoms with Gasteiger partial charge in [-0.15, -0.1) is 12.4 Å². The van der Waals surface area contributed by atoms with E-state index in [9.17, 15) is 0 Å². The molecule has 1 atom stereocenters. The van der Waals surface area contributed by atoms with Gasteiger partial charge in [0.1, 0.15) is 5.75 Å². The fourth-order valence-electron chi connectivity index (χ4n) is 2.12. The zero-order valence-electron chi connectivity index (χ0n) is 12.1. The summed E-state index contributed by atoms with van der Waals surface area (Å²) in [6, 6.07) is 4.64. The molecule has 0 saturated heterocycles. The van der Waals surface area contributed by atoms with Gasteiger partial charge in [-0.2, -0.15) is 0 Å². The molecule has 0 spiro atoms. The molecular formula is C15H26ClNO. The maximum absolute atomic E-state index is 6.06. The van der Waals surface area contributed by atoms with Gasteiger partial charge in [-0.1, -0.05) is 26.8 Å². The maximum Gasteiger partial charge on any atom is 0.122 e. The minimum Gasteiger partial charge on any atom is -0.496 e. The minimum absolute atomic E-state index is 0. The number of halogens is 1. The van der Waals surface area contributed by atoms with Crippen LogP contribution in [0.2, 0.25) is 0 Å². The molecule has 0 bridgehead atoms. The molecule has 0 saturated carbocycles. The van der Waals surface area contributed by atoms with Crippen LogP contribution in [0.3, 0.4) is 0 Å². The van der Waals surface area contributed by atoms with E-state index in [1.165, 1.54) is 16.7 Å². The van der Waals surface area contributed by atoms with Gasteiger partial charge >= 0.3 is 0 Å². The van der Waals surface area contributed by atoms with Crippen LogP contribution >= 0.6 is 12.4 Å². The van der Waals surface area contributed by atoms with Crippen molar-refractivity contribution in [3.63, 3.8) is 0 Å². The van der Waals surface area contributed by atoms with Crippen LogP contribution in [0.1, 0.15) is 49.8 Å². The number of hydrogen-bond donors (Lipinski definition) is 1. The van der Waals surface area contributed by atoms with Crippen molar-refractivity contribution < 1.29 is 4.74 Å². The van der Waals surface area contributed by atoms with Crippen molar-refractivity contribution in [2.45, 2.75) is 52.5 Å². The molecular weight excluding hydrogens is 246 g/mol. The third-order valence-corrected chi connectivity index (χ3v) is 3.29. The Morgan fingerprint density at radius 1 is 1.28 bits per heavy atom. The van der Waals surface area contributed by atoms with Gasteiger partial charge in [-0.3, -0.25) is 0 Å². The Morgan fingerprint density at radius 3 is 2.33 bits per heavy atom. The summed E-state index contributed by atoms with van der Waals surface area (Å²) in [5.74, 6) is 1.48. The molecule has 1 rings (SSSR count). The highest BCUT2D eigenvalue weighted by atomic mass is 35.5. The predicted octanol–water partition coefficient (Wildman–Crippen LogP) is 3.83. The van der Waals surface area contributed by atoms with Crippen LogP contribution in [-0.4, -0.2) is 13.2 Å². The van der Waals surface area contributed by atoms with Gasteiger partial charge in [0.25, 0.3) is 0 Å². The molecule has 1 aromatic carbocycles. The van der Waals surface area contributed by atoms with Crippen molar-refractivity contribution in [2.75, 3.05) is 7.11 Å². The number of benzene rings is 1. The molecule has 2 nitrogen and oxygen atoms in total. The van der Waals surface area contributed by atoms with Crippen LogP contribution in [0.5, 0.6) is 5.75 Å². The number of rotatable bonds is 5. The van der Waals surface area contributed by atoms with Crippen LogP contribution in [0.4, 0.5) is 0 Å². The van der Waals surface area contributed by atoms with Crippen molar-refractivity contribution in [3.8, 4) is 5.75 Å². The van der Waals surface area contributed by atoms with Crippen LogP contribution in [0.15, 0.2) is 12.1 Å². The quantitative estimate of drug-likeness (QED) is 0.883. The van der Waals surface area contributed by atoms with Gasteiger partial charge in [0.15, 0.2) is 0 Å². The average molecular weight is 272 g/mol. The van der Waals surface area contributed by atoms with Gasteiger partial charge in [0.2, 0.25) is 0 Å². The summed E-state index contributed by atoms with van der Waals surface area (Å²) in [5.41, 5.74) is 9.98. The van der Waals surface area contributed by atoms with Gasteiger partial charge in [-0.25, -0.2) is 0 Å². The van der Waals surface area contributed by atoms with E-state index in [-0.39, 0.29) is 18.4 Å². The van der Waals surface area contributed by atoms with Crippen molar-refractivity contribution >= 4 is 12.4 Å². The molecule has 1 aromatic rings. The van der Waals surface area contributed by atoms with E-state index < -0.39 is 0 Å². The summed E-state index contributed by atoms with van der Waals surface area (Å²) in [6.45, 7) is 8.65. The van der Waals surface area contributed by atoms with Crippen LogP contribution in [-0.2, 0) is 6.42 Å². The van der Waals surface area contributed by atoms with Gasteiger partial charge < -0.3 is 10.5 Å². The average Bonchev–Trinajstić information content (AvgIpc) is 2.28. The molecule has 1 unspecified atom stereocenters. The van der Waals surface area contributed by atoms with Gasteiger partial charge in [0.05, 0.1) is 7.11 Å². The Balaban J connectivity index is 0.00000289. The number of methoxy groups -OCH3 is 1. The second-order valence-electron chi connectivity index (χ2n) is 5.05. The molecule has 0 radical (unpaired) electrons. The second kappa shape index (κ2) is 7.65. The summed E-state index contributed by atoms with van der Waals surface area (Å²) in [4.78, 5) is 0. The second-order valence-corrected chi connectivity index (χ2v) is 5.05. The van der Waals surface area contributed by atoms with Crippen molar-refractivity contribution in [3.05, 3.63) is 28.8 Å². The van der Waals surface area contributed by atoms with Crippen molar-refractivity contribution in [1.82, 2.24) is 0 Å². The van der Waals surface area contributed by atoms with E-state index in [0.717, 1.165) is 18.6 Å². The number of nitrogens with two attached hydrogens (primary N) is 1. The summed E-state index contributed by atoms with van der Waals surface area (Å²) >= 11 is 0. The Bertz CT molecular complexity index is 377. The first kappa shape index (κ1) is 17.3. The smallest absolute Gasteiger partial charge is 0.122 e. The van der Waals surface area contributed by atoms with E-state index in [1.807, 2.05) is 0 Å². The van der Waals surface area contributed by atoms with E-state index >= 15 is 0 Å². The highest BCUT2D eigenvalue weighted by Crippen LogP contribution is 2.29. The Labute approximate surface area is 117 Å². The summed E-state index contributed by atoms with van der Waals surface area (Å²) in [5, 5.41) is 0. The maximum atomic E-state index is 6.06. The summed E-state index contributed by atoms with van der Waals surface area (Å²) in [6.07, 6.45) is 1.97. The lowest BCUT2D eigenvalue weighted by molar-refractivity contribution is 0.410. The minimum atomic E-state index is 0. The van der Waals surface area contributed by atoms with Crippen LogP contribution < -0.4 is 10.5 Å². The number of ether oxygens (including phenoxy) is 1. The van der Waals surface area contributed by atoms with Crippen molar-refractivity contribution in [1.29, 1.82) is 0 Å². The molecule has 0 heterocycles. The first-order valence-electron chi connectivity index (χ1n) is 6.42.